The Balaban J connectivity index is 1.80. The van der Waals surface area contributed by atoms with Crippen molar-refractivity contribution >= 4 is 33.9 Å². The predicted molar refractivity (Wildman–Crippen MR) is 96.7 cm³/mol. The molecule has 2 aliphatic rings. The number of allylic oxidation sites excluding steroid dienone is 1. The Labute approximate surface area is 139 Å². The average molecular weight is 321 g/mol. The molecule has 0 aliphatic carbocycles. The molecule has 1 aromatic carbocycles. The number of thiazole rings is 1. The molecule has 2 aromatic heterocycles. The smallest absolute Gasteiger partial charge is 0.0797 e. The maximum atomic E-state index is 4.27. The van der Waals surface area contributed by atoms with Gasteiger partial charge >= 0.3 is 0 Å². The normalized spacial score (nSPS) is 17.4. The van der Waals surface area contributed by atoms with Gasteiger partial charge in [-0.3, -0.25) is 4.98 Å². The van der Waals surface area contributed by atoms with Gasteiger partial charge in [-0.25, -0.2) is 0 Å². The van der Waals surface area contributed by atoms with Crippen molar-refractivity contribution < 1.29 is 0 Å². The van der Waals surface area contributed by atoms with Crippen molar-refractivity contribution in [3.63, 3.8) is 0 Å². The molecular formula is C19H19N3S. The van der Waals surface area contributed by atoms with Gasteiger partial charge in [-0.1, -0.05) is 0 Å². The van der Waals surface area contributed by atoms with Crippen molar-refractivity contribution in [3.05, 3.63) is 51.1 Å². The standard InChI is InChI=1S/C19H19N3S/c1-12-5-13-7-14(18-8-20-11-23-18)9-22-17-3-4-21(2)10-16(17)15(6-12)19(13)22/h5-8,11H,3-4,9-10H2,1-2H3. The molecule has 3 aromatic rings. The minimum Gasteiger partial charge on any atom is -0.339 e. The fraction of sp³-hybridized carbons (Fsp3) is 0.316. The molecule has 0 fully saturated rings. The fourth-order valence-corrected chi connectivity index (χ4v) is 4.74. The minimum absolute atomic E-state index is 0.980. The van der Waals surface area contributed by atoms with Crippen LogP contribution < -0.4 is 0 Å². The van der Waals surface area contributed by atoms with Crippen LogP contribution in [0.1, 0.15) is 27.3 Å². The highest BCUT2D eigenvalue weighted by Crippen LogP contribution is 2.39. The molecule has 116 valence electrons. The summed E-state index contributed by atoms with van der Waals surface area (Å²) in [6, 6.07) is 4.70. The van der Waals surface area contributed by atoms with E-state index in [1.54, 1.807) is 17.0 Å². The highest BCUT2D eigenvalue weighted by Gasteiger charge is 2.26. The van der Waals surface area contributed by atoms with E-state index in [9.17, 15) is 0 Å². The van der Waals surface area contributed by atoms with Crippen molar-refractivity contribution in [1.82, 2.24) is 14.5 Å². The zero-order valence-electron chi connectivity index (χ0n) is 13.5. The lowest BCUT2D eigenvalue weighted by atomic mass is 9.99. The molecular weight excluding hydrogens is 302 g/mol. The van der Waals surface area contributed by atoms with E-state index in [2.05, 4.69) is 46.6 Å². The molecule has 0 spiro atoms. The van der Waals surface area contributed by atoms with Gasteiger partial charge in [0.15, 0.2) is 0 Å². The summed E-state index contributed by atoms with van der Waals surface area (Å²) < 4.78 is 2.57. The summed E-state index contributed by atoms with van der Waals surface area (Å²) in [5.41, 5.74) is 10.6. The van der Waals surface area contributed by atoms with E-state index in [-0.39, 0.29) is 0 Å². The number of likely N-dealkylation sites (N-methyl/N-ethyl adjacent to an activating group) is 1. The summed E-state index contributed by atoms with van der Waals surface area (Å²) in [5, 5.41) is 1.46. The van der Waals surface area contributed by atoms with Gasteiger partial charge < -0.3 is 9.47 Å². The highest BCUT2D eigenvalue weighted by atomic mass is 32.1. The summed E-state index contributed by atoms with van der Waals surface area (Å²) in [6.07, 6.45) is 5.52. The topological polar surface area (TPSA) is 21.1 Å². The SMILES string of the molecule is Cc1cc2c3c(c1)c1c(n3CC(c3cncs3)=C2)CCN(C)C1. The molecule has 0 atom stereocenters. The van der Waals surface area contributed by atoms with E-state index < -0.39 is 0 Å². The molecule has 2 aliphatic heterocycles. The van der Waals surface area contributed by atoms with Gasteiger partial charge in [0, 0.05) is 43.3 Å². The summed E-state index contributed by atoms with van der Waals surface area (Å²) in [7, 11) is 2.23. The number of hydrogen-bond donors (Lipinski definition) is 0. The third-order valence-electron chi connectivity index (χ3n) is 5.12. The number of benzene rings is 1. The van der Waals surface area contributed by atoms with Gasteiger partial charge in [0.1, 0.15) is 0 Å². The summed E-state index contributed by atoms with van der Waals surface area (Å²) in [4.78, 5) is 7.99. The number of nitrogens with zero attached hydrogens (tertiary/aromatic N) is 3. The monoisotopic (exact) mass is 321 g/mol. The van der Waals surface area contributed by atoms with Crippen molar-refractivity contribution in [1.29, 1.82) is 0 Å². The maximum absolute atomic E-state index is 4.27. The Morgan fingerprint density at radius 1 is 1.22 bits per heavy atom. The Bertz CT molecular complexity index is 947. The molecule has 0 radical (unpaired) electrons. The van der Waals surface area contributed by atoms with Crippen LogP contribution in [0.15, 0.2) is 23.8 Å². The van der Waals surface area contributed by atoms with Gasteiger partial charge in [-0.15, -0.1) is 11.3 Å². The van der Waals surface area contributed by atoms with Crippen LogP contribution in [0.3, 0.4) is 0 Å². The molecule has 23 heavy (non-hydrogen) atoms. The van der Waals surface area contributed by atoms with Crippen LogP contribution in [0.5, 0.6) is 0 Å². The van der Waals surface area contributed by atoms with E-state index in [1.165, 1.54) is 38.0 Å². The molecule has 0 saturated carbocycles. The van der Waals surface area contributed by atoms with Crippen molar-refractivity contribution in [2.24, 2.45) is 0 Å². The Hall–Kier alpha value is -1.91. The zero-order valence-corrected chi connectivity index (χ0v) is 14.3. The van der Waals surface area contributed by atoms with Crippen LogP contribution in [0.25, 0.3) is 22.6 Å². The van der Waals surface area contributed by atoms with Gasteiger partial charge in [-0.2, -0.15) is 0 Å². The van der Waals surface area contributed by atoms with Crippen LogP contribution >= 0.6 is 11.3 Å². The van der Waals surface area contributed by atoms with E-state index in [4.69, 9.17) is 0 Å². The van der Waals surface area contributed by atoms with Gasteiger partial charge in [0.2, 0.25) is 0 Å². The van der Waals surface area contributed by atoms with E-state index >= 15 is 0 Å². The Morgan fingerprint density at radius 2 is 2.13 bits per heavy atom. The lowest BCUT2D eigenvalue weighted by Gasteiger charge is -2.25. The average Bonchev–Trinajstić information content (AvgIpc) is 3.15. The number of hydrogen-bond acceptors (Lipinski definition) is 3. The first-order valence-electron chi connectivity index (χ1n) is 8.13. The molecule has 0 saturated heterocycles. The summed E-state index contributed by atoms with van der Waals surface area (Å²) in [5.74, 6) is 0. The number of rotatable bonds is 1. The molecule has 5 rings (SSSR count). The van der Waals surface area contributed by atoms with E-state index in [1.807, 2.05) is 11.7 Å². The Morgan fingerprint density at radius 3 is 2.96 bits per heavy atom. The van der Waals surface area contributed by atoms with Crippen LogP contribution in [-0.2, 0) is 19.5 Å². The highest BCUT2D eigenvalue weighted by molar-refractivity contribution is 7.10. The summed E-state index contributed by atoms with van der Waals surface area (Å²) in [6.45, 7) is 5.41. The van der Waals surface area contributed by atoms with Crippen LogP contribution in [0.2, 0.25) is 0 Å². The van der Waals surface area contributed by atoms with Crippen molar-refractivity contribution in [2.45, 2.75) is 26.4 Å². The van der Waals surface area contributed by atoms with Gasteiger partial charge in [0.25, 0.3) is 0 Å². The van der Waals surface area contributed by atoms with Gasteiger partial charge in [-0.05, 0) is 54.4 Å². The second kappa shape index (κ2) is 4.79. The second-order valence-electron chi connectivity index (χ2n) is 6.78. The number of aromatic nitrogens is 2. The first-order chi connectivity index (χ1) is 11.2. The quantitative estimate of drug-likeness (QED) is 0.677. The van der Waals surface area contributed by atoms with Crippen molar-refractivity contribution in [2.75, 3.05) is 13.6 Å². The van der Waals surface area contributed by atoms with Crippen LogP contribution in [0, 0.1) is 6.92 Å². The molecule has 4 heterocycles. The fourth-order valence-electron chi connectivity index (χ4n) is 4.11. The van der Waals surface area contributed by atoms with E-state index in [0.29, 0.717) is 0 Å². The molecule has 3 nitrogen and oxygen atoms in total. The van der Waals surface area contributed by atoms with Gasteiger partial charge in [0.05, 0.1) is 15.9 Å². The first kappa shape index (κ1) is 13.5. The largest absolute Gasteiger partial charge is 0.339 e. The lowest BCUT2D eigenvalue weighted by molar-refractivity contribution is 0.310. The molecule has 0 bridgehead atoms. The third-order valence-corrected chi connectivity index (χ3v) is 5.97. The molecule has 0 amide bonds. The van der Waals surface area contributed by atoms with E-state index in [0.717, 1.165) is 26.1 Å². The third kappa shape index (κ3) is 1.95. The second-order valence-corrected chi connectivity index (χ2v) is 7.67. The van der Waals surface area contributed by atoms with Crippen LogP contribution in [-0.4, -0.2) is 28.0 Å². The zero-order chi connectivity index (χ0) is 15.6. The first-order valence-corrected chi connectivity index (χ1v) is 9.01. The van der Waals surface area contributed by atoms with Crippen LogP contribution in [0.4, 0.5) is 0 Å². The maximum Gasteiger partial charge on any atom is 0.0797 e. The summed E-state index contributed by atoms with van der Waals surface area (Å²) >= 11 is 1.74. The molecule has 0 unspecified atom stereocenters. The number of aryl methyl sites for hydroxylation is 1. The lowest BCUT2D eigenvalue weighted by Crippen LogP contribution is -2.27. The Kier molecular flexibility index (Phi) is 2.82. The molecule has 0 N–H and O–H groups in total. The predicted octanol–water partition coefficient (Wildman–Crippen LogP) is 3.95. The number of fused-ring (bicyclic) bond motifs is 3. The van der Waals surface area contributed by atoms with Crippen molar-refractivity contribution in [3.8, 4) is 0 Å². The molecule has 4 heteroatoms. The minimum atomic E-state index is 0.980.